The molecule has 0 saturated carbocycles. The maximum atomic E-state index is 11.9. The Morgan fingerprint density at radius 3 is 2.38 bits per heavy atom. The lowest BCUT2D eigenvalue weighted by molar-refractivity contribution is -0.0500. The molecular formula is C8H5F3O4S. The minimum atomic E-state index is -5.69. The summed E-state index contributed by atoms with van der Waals surface area (Å²) in [5.41, 5.74) is -5.49. The molecule has 4 nitrogen and oxygen atoms in total. The Morgan fingerprint density at radius 2 is 1.88 bits per heavy atom. The van der Waals surface area contributed by atoms with Crippen molar-refractivity contribution in [3.8, 4) is 5.75 Å². The Labute approximate surface area is 88.8 Å². The fourth-order valence-corrected chi connectivity index (χ4v) is 1.27. The summed E-state index contributed by atoms with van der Waals surface area (Å²) in [7, 11) is -5.69. The van der Waals surface area contributed by atoms with Gasteiger partial charge in [0.05, 0.1) is 0 Å². The zero-order valence-corrected chi connectivity index (χ0v) is 8.38. The molecular weight excluding hydrogens is 249 g/mol. The van der Waals surface area contributed by atoms with Crippen LogP contribution < -0.4 is 4.18 Å². The van der Waals surface area contributed by atoms with Gasteiger partial charge in [0.25, 0.3) is 0 Å². The maximum absolute atomic E-state index is 11.9. The van der Waals surface area contributed by atoms with Gasteiger partial charge in [0.15, 0.2) is 0 Å². The molecule has 8 heteroatoms. The van der Waals surface area contributed by atoms with Crippen LogP contribution in [0.5, 0.6) is 5.75 Å². The topological polar surface area (TPSA) is 60.4 Å². The van der Waals surface area contributed by atoms with Crippen molar-refractivity contribution >= 4 is 16.4 Å². The number of carbonyl (C=O) groups is 1. The summed E-state index contributed by atoms with van der Waals surface area (Å²) < 4.78 is 60.7. The predicted molar refractivity (Wildman–Crippen MR) is 47.4 cm³/mol. The first-order chi connectivity index (χ1) is 7.26. The van der Waals surface area contributed by atoms with Gasteiger partial charge in [0, 0.05) is 5.56 Å². The summed E-state index contributed by atoms with van der Waals surface area (Å²) in [6, 6.07) is 4.37. The van der Waals surface area contributed by atoms with Gasteiger partial charge in [-0.25, -0.2) is 0 Å². The Kier molecular flexibility index (Phi) is 3.22. The van der Waals surface area contributed by atoms with Gasteiger partial charge in [-0.1, -0.05) is 12.1 Å². The number of carbonyl (C=O) groups excluding carboxylic acids is 1. The molecule has 1 aromatic carbocycles. The largest absolute Gasteiger partial charge is 0.534 e. The number of benzene rings is 1. The smallest absolute Gasteiger partial charge is 0.376 e. The summed E-state index contributed by atoms with van der Waals surface area (Å²) in [5, 5.41) is 0. The third-order valence-corrected chi connectivity index (χ3v) is 2.46. The molecule has 0 saturated heterocycles. The van der Waals surface area contributed by atoms with E-state index in [0.717, 1.165) is 12.1 Å². The van der Waals surface area contributed by atoms with E-state index >= 15 is 0 Å². The lowest BCUT2D eigenvalue weighted by Crippen LogP contribution is -2.28. The third kappa shape index (κ3) is 2.72. The second-order valence-corrected chi connectivity index (χ2v) is 4.21. The highest BCUT2D eigenvalue weighted by molar-refractivity contribution is 7.87. The summed E-state index contributed by atoms with van der Waals surface area (Å²) in [5.74, 6) is -0.568. The lowest BCUT2D eigenvalue weighted by Gasteiger charge is -2.09. The minimum absolute atomic E-state index is 0.00914. The Bertz CT molecular complexity index is 492. The Balaban J connectivity index is 3.02. The average molecular weight is 254 g/mol. The summed E-state index contributed by atoms with van der Waals surface area (Å²) in [6.45, 7) is 0. The summed E-state index contributed by atoms with van der Waals surface area (Å²) >= 11 is 0. The van der Waals surface area contributed by atoms with Gasteiger partial charge in [-0.15, -0.1) is 0 Å². The molecule has 0 amide bonds. The van der Waals surface area contributed by atoms with Crippen LogP contribution in [-0.2, 0) is 10.1 Å². The van der Waals surface area contributed by atoms with Crippen molar-refractivity contribution < 1.29 is 30.6 Å². The Morgan fingerprint density at radius 1 is 1.25 bits per heavy atom. The van der Waals surface area contributed by atoms with Crippen LogP contribution in [0, 0.1) is 0 Å². The molecule has 0 aliphatic carbocycles. The Hall–Kier alpha value is -1.57. The van der Waals surface area contributed by atoms with Gasteiger partial charge < -0.3 is 4.18 Å². The SMILES string of the molecule is O=Cc1cccc(OS(=O)(=O)C(F)(F)F)c1. The number of halogens is 3. The first-order valence-electron chi connectivity index (χ1n) is 3.82. The maximum Gasteiger partial charge on any atom is 0.534 e. The van der Waals surface area contributed by atoms with Crippen LogP contribution >= 0.6 is 0 Å². The van der Waals surface area contributed by atoms with E-state index in [1.165, 1.54) is 12.1 Å². The zero-order chi connectivity index (χ0) is 12.4. The van der Waals surface area contributed by atoms with Gasteiger partial charge in [-0.05, 0) is 12.1 Å². The standard InChI is InChI=1S/C8H5F3O4S/c9-8(10,11)16(13,14)15-7-3-1-2-6(4-7)5-12/h1-5H. The monoisotopic (exact) mass is 254 g/mol. The van der Waals surface area contributed by atoms with E-state index in [4.69, 9.17) is 0 Å². The van der Waals surface area contributed by atoms with Crippen LogP contribution in [-0.4, -0.2) is 20.2 Å². The average Bonchev–Trinajstić information content (AvgIpc) is 2.15. The normalized spacial score (nSPS) is 12.2. The molecule has 0 fully saturated rings. The fourth-order valence-electron chi connectivity index (χ4n) is 0.814. The number of alkyl halides is 3. The van der Waals surface area contributed by atoms with Crippen LogP contribution in [0.15, 0.2) is 24.3 Å². The van der Waals surface area contributed by atoms with E-state index in [0.29, 0.717) is 6.29 Å². The van der Waals surface area contributed by atoms with Gasteiger partial charge in [0.2, 0.25) is 0 Å². The van der Waals surface area contributed by atoms with Crippen LogP contribution in [0.1, 0.15) is 10.4 Å². The fraction of sp³-hybridized carbons (Fsp3) is 0.125. The van der Waals surface area contributed by atoms with E-state index in [9.17, 15) is 26.4 Å². The zero-order valence-electron chi connectivity index (χ0n) is 7.56. The van der Waals surface area contributed by atoms with Crippen LogP contribution in [0.25, 0.3) is 0 Å². The van der Waals surface area contributed by atoms with Crippen LogP contribution in [0.2, 0.25) is 0 Å². The molecule has 0 spiro atoms. The van der Waals surface area contributed by atoms with Gasteiger partial charge in [-0.3, -0.25) is 4.79 Å². The quantitative estimate of drug-likeness (QED) is 0.468. The van der Waals surface area contributed by atoms with Crippen molar-refractivity contribution in [3.63, 3.8) is 0 Å². The van der Waals surface area contributed by atoms with E-state index in [-0.39, 0.29) is 5.56 Å². The predicted octanol–water partition coefficient (Wildman–Crippen LogP) is 1.73. The van der Waals surface area contributed by atoms with Crippen molar-refractivity contribution in [1.82, 2.24) is 0 Å². The molecule has 0 aliphatic heterocycles. The highest BCUT2D eigenvalue weighted by atomic mass is 32.2. The van der Waals surface area contributed by atoms with Gasteiger partial charge >= 0.3 is 15.6 Å². The van der Waals surface area contributed by atoms with Crippen LogP contribution in [0.3, 0.4) is 0 Å². The number of hydrogen-bond donors (Lipinski definition) is 0. The molecule has 1 rings (SSSR count). The molecule has 0 bridgehead atoms. The molecule has 0 aromatic heterocycles. The second kappa shape index (κ2) is 4.12. The highest BCUT2D eigenvalue weighted by Crippen LogP contribution is 2.26. The molecule has 0 aliphatic rings. The molecule has 0 N–H and O–H groups in total. The molecule has 88 valence electrons. The van der Waals surface area contributed by atoms with E-state index in [2.05, 4.69) is 4.18 Å². The molecule has 1 aromatic rings. The first kappa shape index (κ1) is 12.5. The number of rotatable bonds is 3. The highest BCUT2D eigenvalue weighted by Gasteiger charge is 2.48. The molecule has 0 atom stereocenters. The lowest BCUT2D eigenvalue weighted by atomic mass is 10.2. The van der Waals surface area contributed by atoms with E-state index in [1.807, 2.05) is 0 Å². The number of aldehydes is 1. The molecule has 0 heterocycles. The third-order valence-electron chi connectivity index (χ3n) is 1.48. The molecule has 0 radical (unpaired) electrons. The van der Waals surface area contributed by atoms with Crippen molar-refractivity contribution in [2.24, 2.45) is 0 Å². The first-order valence-corrected chi connectivity index (χ1v) is 5.23. The summed E-state index contributed by atoms with van der Waals surface area (Å²) in [6.07, 6.45) is 0.354. The van der Waals surface area contributed by atoms with Crippen molar-refractivity contribution in [1.29, 1.82) is 0 Å². The molecule has 0 unspecified atom stereocenters. The minimum Gasteiger partial charge on any atom is -0.376 e. The molecule has 16 heavy (non-hydrogen) atoms. The van der Waals surface area contributed by atoms with Crippen LogP contribution in [0.4, 0.5) is 13.2 Å². The number of hydrogen-bond acceptors (Lipinski definition) is 4. The van der Waals surface area contributed by atoms with Crippen molar-refractivity contribution in [3.05, 3.63) is 29.8 Å². The van der Waals surface area contributed by atoms with Crippen molar-refractivity contribution in [2.45, 2.75) is 5.51 Å². The summed E-state index contributed by atoms with van der Waals surface area (Å²) in [4.78, 5) is 10.3. The second-order valence-electron chi connectivity index (χ2n) is 2.67. The van der Waals surface area contributed by atoms with Gasteiger partial charge in [-0.2, -0.15) is 21.6 Å². The van der Waals surface area contributed by atoms with Crippen molar-refractivity contribution in [2.75, 3.05) is 0 Å². The van der Waals surface area contributed by atoms with E-state index in [1.54, 1.807) is 0 Å². The van der Waals surface area contributed by atoms with E-state index < -0.39 is 21.4 Å². The van der Waals surface area contributed by atoms with Gasteiger partial charge in [0.1, 0.15) is 12.0 Å².